The average molecular weight is 482 g/mol. The van der Waals surface area contributed by atoms with E-state index in [4.69, 9.17) is 5.73 Å². The van der Waals surface area contributed by atoms with E-state index >= 15 is 0 Å². The largest absolute Gasteiger partial charge is 1.00 e. The first-order chi connectivity index (χ1) is 9.90. The van der Waals surface area contributed by atoms with Crippen LogP contribution in [0.5, 0.6) is 0 Å². The number of carbonyl (C=O) groups is 4. The Morgan fingerprint density at radius 2 is 1.91 bits per heavy atom. The maximum Gasteiger partial charge on any atom is 1.00 e. The van der Waals surface area contributed by atoms with Gasteiger partial charge in [0.1, 0.15) is 7.00 Å². The minimum absolute atomic E-state index is 0. The number of carbonyl (C=O) groups excluding carboxylic acids is 4. The Morgan fingerprint density at radius 1 is 1.27 bits per heavy atom. The van der Waals surface area contributed by atoms with Crippen molar-refractivity contribution in [1.29, 1.82) is 0 Å². The summed E-state index contributed by atoms with van der Waals surface area (Å²) in [5.41, 5.74) is 5.45. The maximum absolute atomic E-state index is 11.6. The number of halogens is 1. The van der Waals surface area contributed by atoms with Crippen molar-refractivity contribution in [3.8, 4) is 0 Å². The van der Waals surface area contributed by atoms with E-state index in [0.717, 1.165) is 0 Å². The van der Waals surface area contributed by atoms with Crippen molar-refractivity contribution in [2.75, 3.05) is 13.1 Å². The maximum atomic E-state index is 11.6. The van der Waals surface area contributed by atoms with Gasteiger partial charge in [-0.2, -0.15) is 0 Å². The van der Waals surface area contributed by atoms with E-state index in [1.54, 1.807) is 13.8 Å². The van der Waals surface area contributed by atoms with E-state index in [-0.39, 0.29) is 103 Å². The van der Waals surface area contributed by atoms with Crippen LogP contribution in [0.4, 0.5) is 0 Å². The molecule has 0 aliphatic carbocycles. The van der Waals surface area contributed by atoms with Gasteiger partial charge < -0.3 is 49.4 Å². The first-order valence-electron chi connectivity index (χ1n) is 6.12. The molecule has 7 nitrogen and oxygen atoms in total. The van der Waals surface area contributed by atoms with Crippen molar-refractivity contribution >= 4 is 66.6 Å². The van der Waals surface area contributed by atoms with Crippen LogP contribution in [-0.2, 0) is 19.2 Å². The summed E-state index contributed by atoms with van der Waals surface area (Å²) in [6.07, 6.45) is 0.770. The van der Waals surface area contributed by atoms with Crippen LogP contribution in [0.15, 0.2) is 0 Å². The van der Waals surface area contributed by atoms with Crippen LogP contribution >= 0.6 is 36.7 Å². The number of hydrogen-bond donors (Lipinski definition) is 3. The van der Waals surface area contributed by atoms with Gasteiger partial charge in [0.25, 0.3) is 0 Å². The summed E-state index contributed by atoms with van der Waals surface area (Å²) >= 11 is 1.89. The van der Waals surface area contributed by atoms with E-state index in [1.807, 2.05) is 22.0 Å². The molecule has 2 unspecified atom stereocenters. The van der Waals surface area contributed by atoms with Gasteiger partial charge in [-0.3, -0.25) is 14.4 Å². The first-order valence-corrected chi connectivity index (χ1v) is 10.9. The SMILES string of the molecule is C[B]PC(=O)CNC(=O)C(N)CCC(=O)NCC(=O)[P-]I.[K+]. The zero-order valence-electron chi connectivity index (χ0n) is 12.5. The number of amides is 2. The van der Waals surface area contributed by atoms with Crippen molar-refractivity contribution in [2.24, 2.45) is 5.73 Å². The Morgan fingerprint density at radius 3 is 2.45 bits per heavy atom. The molecular weight excluding hydrogens is 465 g/mol. The summed E-state index contributed by atoms with van der Waals surface area (Å²) < 4.78 is 0. The van der Waals surface area contributed by atoms with E-state index in [0.29, 0.717) is 6.22 Å². The molecule has 4 N–H and O–H groups in total. The van der Waals surface area contributed by atoms with E-state index < -0.39 is 11.9 Å². The summed E-state index contributed by atoms with van der Waals surface area (Å²) in [6.45, 7) is 3.43. The summed E-state index contributed by atoms with van der Waals surface area (Å²) in [4.78, 5) is 45.3. The molecule has 1 radical (unpaired) electrons. The Balaban J connectivity index is 0. The Kier molecular flexibility index (Phi) is 18.8. The van der Waals surface area contributed by atoms with Crippen molar-refractivity contribution in [3.05, 3.63) is 0 Å². The van der Waals surface area contributed by atoms with Crippen molar-refractivity contribution in [3.63, 3.8) is 0 Å². The number of rotatable bonds is 11. The molecule has 12 heteroatoms. The van der Waals surface area contributed by atoms with Gasteiger partial charge in [0.05, 0.1) is 12.6 Å². The standard InChI is InChI=1S/C10H17BIN3O4P2.K/c1-11-20-8(17)4-15-10(19)6(13)2-3-7(16)14-5-9(18)21-12;/h6,20H,2-5,13H2,1H3,(H,14,16)(H,15,19);/q-1;+1. The molecule has 0 aromatic heterocycles. The molecule has 22 heavy (non-hydrogen) atoms. The van der Waals surface area contributed by atoms with Gasteiger partial charge in [-0.1, -0.05) is 15.3 Å². The van der Waals surface area contributed by atoms with Crippen LogP contribution in [0.3, 0.4) is 0 Å². The molecule has 2 amide bonds. The van der Waals surface area contributed by atoms with Crippen molar-refractivity contribution in [2.45, 2.75) is 25.7 Å². The predicted octanol–water partition coefficient (Wildman–Crippen LogP) is -2.97. The van der Waals surface area contributed by atoms with Crippen LogP contribution in [0.1, 0.15) is 12.8 Å². The molecule has 117 valence electrons. The Hall–Kier alpha value is 1.53. The Bertz CT molecular complexity index is 406. The van der Waals surface area contributed by atoms with Gasteiger partial charge >= 0.3 is 51.4 Å². The monoisotopic (exact) mass is 482 g/mol. The fraction of sp³-hybridized carbons (Fsp3) is 0.600. The molecule has 0 aliphatic rings. The molecule has 0 fully saturated rings. The third kappa shape index (κ3) is 13.9. The fourth-order valence-electron chi connectivity index (χ4n) is 1.22. The second kappa shape index (κ2) is 16.0. The van der Waals surface area contributed by atoms with Gasteiger partial charge in [0.2, 0.25) is 11.8 Å². The summed E-state index contributed by atoms with van der Waals surface area (Å²) in [6, 6.07) is -0.851. The third-order valence-corrected chi connectivity index (χ3v) is 5.03. The van der Waals surface area contributed by atoms with Crippen LogP contribution in [0.25, 0.3) is 0 Å². The molecule has 0 spiro atoms. The molecule has 2 atom stereocenters. The molecule has 0 bridgehead atoms. The number of nitrogens with one attached hydrogen (secondary N) is 2. The second-order valence-corrected chi connectivity index (χ2v) is 7.51. The predicted molar refractivity (Wildman–Crippen MR) is 94.1 cm³/mol. The Labute approximate surface area is 189 Å². The van der Waals surface area contributed by atoms with Gasteiger partial charge in [0, 0.05) is 18.5 Å². The fourth-order valence-corrected chi connectivity index (χ4v) is 2.38. The van der Waals surface area contributed by atoms with E-state index in [9.17, 15) is 19.2 Å². The number of hydrogen-bond acceptors (Lipinski definition) is 5. The molecule has 0 saturated heterocycles. The topological polar surface area (TPSA) is 118 Å². The molecular formula is C10H17BIKN3O4P2. The van der Waals surface area contributed by atoms with Crippen LogP contribution < -0.4 is 67.8 Å². The minimum Gasteiger partial charge on any atom is -0.388 e. The zero-order chi connectivity index (χ0) is 16.3. The van der Waals surface area contributed by atoms with Crippen LogP contribution in [-0.4, -0.2) is 49.0 Å². The van der Waals surface area contributed by atoms with E-state index in [2.05, 4.69) is 10.6 Å². The minimum atomic E-state index is -0.851. The second-order valence-electron chi connectivity index (χ2n) is 3.97. The van der Waals surface area contributed by atoms with E-state index in [1.165, 1.54) is 0 Å². The molecule has 0 rings (SSSR count). The first kappa shape index (κ1) is 25.8. The van der Waals surface area contributed by atoms with Gasteiger partial charge in [0.15, 0.2) is 5.52 Å². The molecule has 0 saturated carbocycles. The van der Waals surface area contributed by atoms with Crippen molar-refractivity contribution < 1.29 is 70.6 Å². The summed E-state index contributed by atoms with van der Waals surface area (Å²) in [5.74, 6) is -0.788. The molecule has 0 aromatic rings. The zero-order valence-corrected chi connectivity index (χ0v) is 19.7. The number of nitrogens with two attached hydrogens (primary N) is 1. The molecule has 0 heterocycles. The smallest absolute Gasteiger partial charge is 0.388 e. The van der Waals surface area contributed by atoms with Crippen molar-refractivity contribution in [1.82, 2.24) is 10.6 Å². The normalized spacial score (nSPS) is 12.0. The van der Waals surface area contributed by atoms with Gasteiger partial charge in [-0.05, 0) is 6.42 Å². The van der Waals surface area contributed by atoms with Crippen LogP contribution in [0.2, 0.25) is 6.82 Å². The molecule has 0 aromatic carbocycles. The van der Waals surface area contributed by atoms with Crippen LogP contribution in [0, 0.1) is 0 Å². The summed E-state index contributed by atoms with van der Waals surface area (Å²) in [5, 5.41) is 4.89. The quantitative estimate of drug-likeness (QED) is 0.165. The van der Waals surface area contributed by atoms with Gasteiger partial charge in [-0.25, -0.2) is 0 Å². The molecule has 0 aliphatic heterocycles. The van der Waals surface area contributed by atoms with Gasteiger partial charge in [-0.15, -0.1) is 0 Å². The average Bonchev–Trinajstić information content (AvgIpc) is 2.47. The third-order valence-electron chi connectivity index (χ3n) is 2.28. The summed E-state index contributed by atoms with van der Waals surface area (Å²) in [7, 11) is 0.0590.